The van der Waals surface area contributed by atoms with Crippen LogP contribution in [0.25, 0.3) is 0 Å². The molecular weight excluding hydrogens is 255 g/mol. The molecule has 2 aromatic carbocycles. The van der Waals surface area contributed by atoms with E-state index in [0.717, 1.165) is 0 Å². The Hall–Kier alpha value is -0.631. The molecular formula is C10H11FeO3P-6. The van der Waals surface area contributed by atoms with E-state index in [1.807, 2.05) is 30.3 Å². The molecule has 0 aliphatic rings. The quantitative estimate of drug-likeness (QED) is 0.468. The fourth-order valence-electron chi connectivity index (χ4n) is 0.879. The van der Waals surface area contributed by atoms with E-state index < -0.39 is 7.60 Å². The van der Waals surface area contributed by atoms with Crippen molar-refractivity contribution in [2.75, 3.05) is 0 Å². The summed E-state index contributed by atoms with van der Waals surface area (Å²) in [5.41, 5.74) is 0. The van der Waals surface area contributed by atoms with Crippen LogP contribution in [0.3, 0.4) is 0 Å². The van der Waals surface area contributed by atoms with Crippen molar-refractivity contribution in [3.63, 3.8) is 0 Å². The third-order valence-corrected chi connectivity index (χ3v) is 2.51. The number of rotatable bonds is 1. The van der Waals surface area contributed by atoms with E-state index in [4.69, 9.17) is 9.79 Å². The van der Waals surface area contributed by atoms with E-state index in [0.29, 0.717) is 0 Å². The molecule has 2 aromatic rings. The summed E-state index contributed by atoms with van der Waals surface area (Å²) in [4.78, 5) is 17.0. The van der Waals surface area contributed by atoms with Gasteiger partial charge < -0.3 is 40.1 Å². The van der Waals surface area contributed by atoms with Crippen LogP contribution < -0.4 is 5.30 Å². The molecule has 0 atom stereocenters. The maximum Gasteiger partial charge on any atom is 0.303 e. The zero-order valence-corrected chi connectivity index (χ0v) is 9.80. The van der Waals surface area contributed by atoms with Gasteiger partial charge in [-0.1, -0.05) is 0 Å². The molecule has 5 heteroatoms. The van der Waals surface area contributed by atoms with Crippen LogP contribution in [0.2, 0.25) is 0 Å². The first-order valence-electron chi connectivity index (χ1n) is 4.05. The largest absolute Gasteiger partial charge is 0.748 e. The Kier molecular flexibility index (Phi) is 6.50. The first kappa shape index (κ1) is 14.4. The summed E-state index contributed by atoms with van der Waals surface area (Å²) >= 11 is 0. The minimum Gasteiger partial charge on any atom is -0.748 e. The van der Waals surface area contributed by atoms with Crippen LogP contribution in [0.1, 0.15) is 0 Å². The van der Waals surface area contributed by atoms with Crippen molar-refractivity contribution in [3.05, 3.63) is 54.6 Å². The van der Waals surface area contributed by atoms with Gasteiger partial charge in [-0.25, -0.2) is 12.1 Å². The molecule has 15 heavy (non-hydrogen) atoms. The number of hydrogen-bond acceptors (Lipinski definition) is 1. The Morgan fingerprint density at radius 3 is 1.47 bits per heavy atom. The summed E-state index contributed by atoms with van der Waals surface area (Å²) in [6.45, 7) is 0. The maximum absolute atomic E-state index is 10.4. The average Bonchev–Trinajstić information content (AvgIpc) is 2.80. The monoisotopic (exact) mass is 266 g/mol. The van der Waals surface area contributed by atoms with Gasteiger partial charge in [0.2, 0.25) is 0 Å². The first-order chi connectivity index (χ1) is 6.61. The van der Waals surface area contributed by atoms with Crippen LogP contribution in [0, 0.1) is 0 Å². The average molecular weight is 266 g/mol. The van der Waals surface area contributed by atoms with Crippen LogP contribution in [-0.4, -0.2) is 9.79 Å². The van der Waals surface area contributed by atoms with Crippen LogP contribution >= 0.6 is 7.60 Å². The molecule has 0 spiro atoms. The fourth-order valence-corrected chi connectivity index (χ4v) is 1.44. The van der Waals surface area contributed by atoms with E-state index in [-0.39, 0.29) is 22.4 Å². The standard InChI is InChI=1S/C5H6O3P.C5H5.Fe/c6-9(7,8)5-3-1-2-4-5;1-2-4-5-3-1;/h1-4H,(H2,6,7,8);1-5H;/q-1;-5;. The molecule has 0 amide bonds. The summed E-state index contributed by atoms with van der Waals surface area (Å²) in [5.74, 6) is 0. The predicted octanol–water partition coefficient (Wildman–Crippen LogP) is 1.61. The SMILES string of the molecule is O=P(O)(O)[c-]1cccc1.[Fe].[cH-]1[cH-][cH-][cH-][cH-]1. The minimum absolute atomic E-state index is 0. The summed E-state index contributed by atoms with van der Waals surface area (Å²) in [7, 11) is -3.97. The Balaban J connectivity index is 0.000000280. The topological polar surface area (TPSA) is 57.5 Å². The van der Waals surface area contributed by atoms with Gasteiger partial charge in [0.25, 0.3) is 0 Å². The van der Waals surface area contributed by atoms with Crippen LogP contribution in [0.15, 0.2) is 54.6 Å². The zero-order chi connectivity index (χ0) is 10.4. The molecule has 0 aliphatic heterocycles. The Bertz CT molecular complexity index is 358. The fraction of sp³-hybridized carbons (Fsp3) is 0. The normalized spacial score (nSPS) is 9.73. The summed E-state index contributed by atoms with van der Waals surface area (Å²) in [5, 5.41) is 0.0856. The third-order valence-electron chi connectivity index (χ3n) is 1.54. The van der Waals surface area contributed by atoms with Gasteiger partial charge in [0, 0.05) is 17.1 Å². The van der Waals surface area contributed by atoms with Gasteiger partial charge in [-0.3, -0.25) is 4.57 Å². The second-order valence-corrected chi connectivity index (χ2v) is 4.25. The van der Waals surface area contributed by atoms with E-state index >= 15 is 0 Å². The Morgan fingerprint density at radius 2 is 1.27 bits per heavy atom. The first-order valence-corrected chi connectivity index (χ1v) is 5.66. The van der Waals surface area contributed by atoms with Crippen LogP contribution in [0.4, 0.5) is 0 Å². The molecule has 0 unspecified atom stereocenters. The Morgan fingerprint density at radius 1 is 0.933 bits per heavy atom. The molecule has 2 N–H and O–H groups in total. The smallest absolute Gasteiger partial charge is 0.303 e. The zero-order valence-electron chi connectivity index (χ0n) is 7.80. The molecule has 3 nitrogen and oxygen atoms in total. The summed E-state index contributed by atoms with van der Waals surface area (Å²) < 4.78 is 10.4. The van der Waals surface area contributed by atoms with Gasteiger partial charge in [0.1, 0.15) is 0 Å². The minimum atomic E-state index is -3.97. The van der Waals surface area contributed by atoms with Crippen molar-refractivity contribution in [1.82, 2.24) is 0 Å². The van der Waals surface area contributed by atoms with Crippen molar-refractivity contribution in [1.29, 1.82) is 0 Å². The van der Waals surface area contributed by atoms with Crippen molar-refractivity contribution in [2.24, 2.45) is 0 Å². The van der Waals surface area contributed by atoms with E-state index in [1.165, 1.54) is 12.1 Å². The van der Waals surface area contributed by atoms with Gasteiger partial charge in [-0.05, 0) is 5.30 Å². The summed E-state index contributed by atoms with van der Waals surface area (Å²) in [6, 6.07) is 16.0. The molecule has 0 fully saturated rings. The van der Waals surface area contributed by atoms with Gasteiger partial charge in [-0.15, -0.1) is 0 Å². The van der Waals surface area contributed by atoms with Crippen LogP contribution in [-0.2, 0) is 21.6 Å². The van der Waals surface area contributed by atoms with Crippen molar-refractivity contribution in [2.45, 2.75) is 0 Å². The molecule has 0 aliphatic carbocycles. The number of hydrogen-bond donors (Lipinski definition) is 2. The van der Waals surface area contributed by atoms with Crippen molar-refractivity contribution >= 4 is 12.9 Å². The molecule has 88 valence electrons. The second kappa shape index (κ2) is 6.78. The molecule has 0 radical (unpaired) electrons. The Labute approximate surface area is 99.1 Å². The second-order valence-electron chi connectivity index (χ2n) is 2.65. The summed E-state index contributed by atoms with van der Waals surface area (Å²) in [6.07, 6.45) is 0. The molecule has 0 saturated carbocycles. The molecule has 2 rings (SSSR count). The van der Waals surface area contributed by atoms with Gasteiger partial charge >= 0.3 is 7.60 Å². The van der Waals surface area contributed by atoms with E-state index in [9.17, 15) is 4.57 Å². The predicted molar refractivity (Wildman–Crippen MR) is 55.7 cm³/mol. The maximum atomic E-state index is 10.4. The van der Waals surface area contributed by atoms with Crippen LogP contribution in [0.5, 0.6) is 0 Å². The van der Waals surface area contributed by atoms with E-state index in [1.54, 1.807) is 12.1 Å². The molecule has 0 bridgehead atoms. The molecule has 0 saturated heterocycles. The van der Waals surface area contributed by atoms with E-state index in [2.05, 4.69) is 0 Å². The van der Waals surface area contributed by atoms with Crippen molar-refractivity contribution in [3.8, 4) is 0 Å². The van der Waals surface area contributed by atoms with Gasteiger partial charge in [0.15, 0.2) is 0 Å². The third kappa shape index (κ3) is 5.73. The molecule has 0 heterocycles. The van der Waals surface area contributed by atoms with Gasteiger partial charge in [-0.2, -0.15) is 12.1 Å². The van der Waals surface area contributed by atoms with Gasteiger partial charge in [0.05, 0.1) is 0 Å². The molecule has 0 aromatic heterocycles. The van der Waals surface area contributed by atoms with Crippen molar-refractivity contribution < 1.29 is 31.4 Å².